The van der Waals surface area contributed by atoms with Gasteiger partial charge < -0.3 is 0 Å². The maximum atomic E-state index is 13.0. The normalized spacial score (nSPS) is 16.1. The van der Waals surface area contributed by atoms with E-state index in [2.05, 4.69) is 15.9 Å². The van der Waals surface area contributed by atoms with E-state index in [9.17, 15) is 8.78 Å². The zero-order chi connectivity index (χ0) is 11.6. The molecule has 0 aromatic heterocycles. The van der Waals surface area contributed by atoms with E-state index in [4.69, 9.17) is 11.6 Å². The minimum atomic E-state index is -2.76. The zero-order valence-electron chi connectivity index (χ0n) is 8.48. The highest BCUT2D eigenvalue weighted by molar-refractivity contribution is 9.10. The molecule has 0 fully saturated rings. The van der Waals surface area contributed by atoms with E-state index in [-0.39, 0.29) is 0 Å². The molecule has 0 saturated carbocycles. The molecule has 1 rings (SSSR count). The zero-order valence-corrected chi connectivity index (χ0v) is 10.8. The third-order valence-corrected chi connectivity index (χ3v) is 3.59. The van der Waals surface area contributed by atoms with E-state index in [1.54, 1.807) is 24.3 Å². The van der Waals surface area contributed by atoms with Gasteiger partial charge >= 0.3 is 0 Å². The predicted octanol–water partition coefficient (Wildman–Crippen LogP) is 5.02. The molecular weight excluding hydrogens is 285 g/mol. The molecule has 0 N–H and O–H groups in total. The number of halogens is 4. The molecule has 1 aromatic rings. The van der Waals surface area contributed by atoms with Crippen molar-refractivity contribution >= 4 is 27.5 Å². The second kappa shape index (κ2) is 4.79. The van der Waals surface area contributed by atoms with Crippen LogP contribution in [0.15, 0.2) is 28.7 Å². The van der Waals surface area contributed by atoms with Crippen LogP contribution in [-0.4, -0.2) is 5.92 Å². The molecule has 1 aromatic carbocycles. The molecule has 0 aliphatic heterocycles. The van der Waals surface area contributed by atoms with E-state index < -0.39 is 17.2 Å². The first-order chi connectivity index (χ1) is 6.82. The summed E-state index contributed by atoms with van der Waals surface area (Å²) in [7, 11) is 0. The molecule has 4 heteroatoms. The van der Waals surface area contributed by atoms with Crippen LogP contribution in [0, 0.1) is 5.92 Å². The third-order valence-electron chi connectivity index (χ3n) is 2.43. The first-order valence-electron chi connectivity index (χ1n) is 4.59. The third kappa shape index (κ3) is 3.42. The monoisotopic (exact) mass is 296 g/mol. The number of alkyl halides is 3. The van der Waals surface area contributed by atoms with Crippen molar-refractivity contribution in [2.75, 3.05) is 0 Å². The Hall–Kier alpha value is -0.150. The van der Waals surface area contributed by atoms with Gasteiger partial charge in [0.2, 0.25) is 5.92 Å². The van der Waals surface area contributed by atoms with E-state index in [1.165, 1.54) is 6.92 Å². The van der Waals surface area contributed by atoms with Crippen LogP contribution in [0.5, 0.6) is 0 Å². The van der Waals surface area contributed by atoms with Gasteiger partial charge in [0, 0.05) is 10.4 Å². The van der Waals surface area contributed by atoms with Gasteiger partial charge in [0.1, 0.15) is 0 Å². The van der Waals surface area contributed by atoms with Gasteiger partial charge in [-0.2, -0.15) is 0 Å². The van der Waals surface area contributed by atoms with Gasteiger partial charge in [0.05, 0.1) is 5.38 Å². The maximum absolute atomic E-state index is 13.0. The summed E-state index contributed by atoms with van der Waals surface area (Å²) in [6.07, 6.45) is 0. The van der Waals surface area contributed by atoms with Crippen molar-refractivity contribution in [1.29, 1.82) is 0 Å². The lowest BCUT2D eigenvalue weighted by Crippen LogP contribution is -2.25. The smallest absolute Gasteiger partial charge is 0.207 e. The van der Waals surface area contributed by atoms with Crippen LogP contribution in [0.2, 0.25) is 0 Å². The highest BCUT2D eigenvalue weighted by Crippen LogP contribution is 2.38. The summed E-state index contributed by atoms with van der Waals surface area (Å²) >= 11 is 9.28. The largest absolute Gasteiger partial charge is 0.249 e. The average molecular weight is 298 g/mol. The fourth-order valence-electron chi connectivity index (χ4n) is 1.19. The first kappa shape index (κ1) is 12.9. The van der Waals surface area contributed by atoms with Crippen molar-refractivity contribution < 1.29 is 8.78 Å². The molecule has 0 amide bonds. The minimum Gasteiger partial charge on any atom is -0.207 e. The Morgan fingerprint density at radius 1 is 1.27 bits per heavy atom. The number of rotatable bonds is 3. The Morgan fingerprint density at radius 3 is 2.13 bits per heavy atom. The molecule has 84 valence electrons. The van der Waals surface area contributed by atoms with Crippen molar-refractivity contribution in [1.82, 2.24) is 0 Å². The summed E-state index contributed by atoms with van der Waals surface area (Å²) in [6.45, 7) is 2.35. The minimum absolute atomic E-state index is 0.668. The number of hydrogen-bond acceptors (Lipinski definition) is 0. The summed E-state index contributed by atoms with van der Waals surface area (Å²) in [4.78, 5) is 0. The highest BCUT2D eigenvalue weighted by Gasteiger charge is 2.36. The molecule has 0 nitrogen and oxygen atoms in total. The number of benzene rings is 1. The fourth-order valence-corrected chi connectivity index (χ4v) is 1.82. The molecule has 0 saturated heterocycles. The highest BCUT2D eigenvalue weighted by atomic mass is 79.9. The molecule has 0 radical (unpaired) electrons. The fraction of sp³-hybridized carbons (Fsp3) is 0.455. The Balaban J connectivity index is 2.85. The van der Waals surface area contributed by atoms with Crippen LogP contribution in [0.4, 0.5) is 8.78 Å². The number of hydrogen-bond donors (Lipinski definition) is 0. The van der Waals surface area contributed by atoms with Crippen LogP contribution >= 0.6 is 27.5 Å². The van der Waals surface area contributed by atoms with Crippen molar-refractivity contribution in [3.8, 4) is 0 Å². The average Bonchev–Trinajstić information content (AvgIpc) is 2.15. The van der Waals surface area contributed by atoms with Gasteiger partial charge in [0.25, 0.3) is 0 Å². The molecule has 0 bridgehead atoms. The summed E-state index contributed by atoms with van der Waals surface area (Å²) in [6, 6.07) is 7.10. The topological polar surface area (TPSA) is 0 Å². The van der Waals surface area contributed by atoms with Gasteiger partial charge in [-0.1, -0.05) is 35.0 Å². The van der Waals surface area contributed by atoms with Crippen molar-refractivity contribution in [2.45, 2.75) is 25.1 Å². The van der Waals surface area contributed by atoms with E-state index in [1.807, 2.05) is 0 Å². The van der Waals surface area contributed by atoms with Crippen LogP contribution in [0.3, 0.4) is 0 Å². The Kier molecular flexibility index (Phi) is 4.13. The van der Waals surface area contributed by atoms with E-state index >= 15 is 0 Å². The predicted molar refractivity (Wildman–Crippen MR) is 62.5 cm³/mol. The summed E-state index contributed by atoms with van der Waals surface area (Å²) < 4.78 is 27.0. The van der Waals surface area contributed by atoms with Crippen LogP contribution in [0.25, 0.3) is 0 Å². The molecule has 0 heterocycles. The Labute approximate surface area is 102 Å². The lowest BCUT2D eigenvalue weighted by atomic mass is 9.95. The standard InChI is InChI=1S/C11H12BrClF2/c1-7(11(2,14)15)10(13)8-3-5-9(12)6-4-8/h3-7,10H,1-2H3. The van der Waals surface area contributed by atoms with Crippen LogP contribution in [-0.2, 0) is 0 Å². The molecule has 0 aliphatic carbocycles. The quantitative estimate of drug-likeness (QED) is 0.687. The SMILES string of the molecule is CC(C(Cl)c1ccc(Br)cc1)C(C)(F)F. The second-order valence-corrected chi connectivity index (χ2v) is 5.08. The first-order valence-corrected chi connectivity index (χ1v) is 5.82. The molecule has 0 aliphatic rings. The molecule has 2 unspecified atom stereocenters. The van der Waals surface area contributed by atoms with E-state index in [0.717, 1.165) is 11.4 Å². The summed E-state index contributed by atoms with van der Waals surface area (Å²) in [5.74, 6) is -3.65. The molecule has 0 spiro atoms. The second-order valence-electron chi connectivity index (χ2n) is 3.70. The summed E-state index contributed by atoms with van der Waals surface area (Å²) in [5, 5.41) is -0.668. The summed E-state index contributed by atoms with van der Waals surface area (Å²) in [5.41, 5.74) is 0.717. The van der Waals surface area contributed by atoms with Gasteiger partial charge in [-0.3, -0.25) is 0 Å². The van der Waals surface area contributed by atoms with Crippen molar-refractivity contribution in [3.63, 3.8) is 0 Å². The molecule has 2 atom stereocenters. The Morgan fingerprint density at radius 2 is 1.73 bits per heavy atom. The van der Waals surface area contributed by atoms with Crippen molar-refractivity contribution in [3.05, 3.63) is 34.3 Å². The van der Waals surface area contributed by atoms with Gasteiger partial charge in [-0.25, -0.2) is 8.78 Å². The van der Waals surface area contributed by atoms with Gasteiger partial charge in [-0.15, -0.1) is 11.6 Å². The molecule has 15 heavy (non-hydrogen) atoms. The van der Waals surface area contributed by atoms with Crippen molar-refractivity contribution in [2.24, 2.45) is 5.92 Å². The van der Waals surface area contributed by atoms with Gasteiger partial charge in [0.15, 0.2) is 0 Å². The van der Waals surface area contributed by atoms with Crippen LogP contribution in [0.1, 0.15) is 24.8 Å². The van der Waals surface area contributed by atoms with Gasteiger partial charge in [-0.05, 0) is 24.6 Å². The molecular formula is C11H12BrClF2. The van der Waals surface area contributed by atoms with Crippen LogP contribution < -0.4 is 0 Å². The lowest BCUT2D eigenvalue weighted by Gasteiger charge is -2.24. The lowest BCUT2D eigenvalue weighted by molar-refractivity contribution is -0.0339. The Bertz CT molecular complexity index is 318. The maximum Gasteiger partial charge on any atom is 0.249 e. The van der Waals surface area contributed by atoms with E-state index in [0.29, 0.717) is 5.56 Å².